The molecule has 2 bridgehead atoms. The Morgan fingerprint density at radius 2 is 1.52 bits per heavy atom. The summed E-state index contributed by atoms with van der Waals surface area (Å²) in [5, 5.41) is 1.93. The Morgan fingerprint density at radius 3 is 2.39 bits per heavy atom. The second-order valence-corrected chi connectivity index (χ2v) is 9.04. The van der Waals surface area contributed by atoms with Gasteiger partial charge in [-0.25, -0.2) is 4.90 Å². The molecule has 0 N–H and O–H groups in total. The van der Waals surface area contributed by atoms with Crippen LogP contribution in [0.3, 0.4) is 0 Å². The van der Waals surface area contributed by atoms with E-state index >= 15 is 0 Å². The third kappa shape index (κ3) is 2.40. The fourth-order valence-corrected chi connectivity index (χ4v) is 6.08. The maximum atomic E-state index is 14.2. The van der Waals surface area contributed by atoms with E-state index in [-0.39, 0.29) is 17.7 Å². The zero-order chi connectivity index (χ0) is 21.1. The summed E-state index contributed by atoms with van der Waals surface area (Å²) in [4.78, 5) is 29.6. The summed E-state index contributed by atoms with van der Waals surface area (Å²) in [6.45, 7) is 0. The molecule has 3 aromatic rings. The number of carbonyl (C=O) groups is 2. The lowest BCUT2D eigenvalue weighted by Crippen LogP contribution is -2.82. The molecule has 4 heteroatoms. The van der Waals surface area contributed by atoms with E-state index in [4.69, 9.17) is 4.74 Å². The molecule has 156 valence electrons. The van der Waals surface area contributed by atoms with Crippen molar-refractivity contribution in [2.45, 2.75) is 49.7 Å². The maximum Gasteiger partial charge on any atom is 0.271 e. The first-order chi connectivity index (χ1) is 15.2. The quantitative estimate of drug-likeness (QED) is 0.534. The molecule has 0 radical (unpaired) electrons. The van der Waals surface area contributed by atoms with Crippen molar-refractivity contribution in [3.05, 3.63) is 78.4 Å². The number of nitrogens with zero attached hydrogens (tertiary/aromatic N) is 1. The van der Waals surface area contributed by atoms with Crippen molar-refractivity contribution in [2.24, 2.45) is 5.92 Å². The number of amides is 2. The van der Waals surface area contributed by atoms with E-state index < -0.39 is 11.2 Å². The number of ether oxygens (including phenoxy) is 1. The molecule has 31 heavy (non-hydrogen) atoms. The fraction of sp³-hybridized carbons (Fsp3) is 0.333. The van der Waals surface area contributed by atoms with Crippen LogP contribution in [-0.4, -0.2) is 17.4 Å². The first-order valence-corrected chi connectivity index (χ1v) is 11.3. The summed E-state index contributed by atoms with van der Waals surface area (Å²) >= 11 is 0. The standard InChI is InChI=1S/C27H25NO3/c29-24-26-18-9-2-1-6-17-23(26)27(31-26,20-13-4-3-5-14-20)25(30)28(24)22-16-10-12-19-11-7-8-15-21(19)22/h3-5,7-8,10-16,23H,1-2,6,9,17-18H2/t23-,26+,27-/m1/s1. The Labute approximate surface area is 181 Å². The van der Waals surface area contributed by atoms with Crippen LogP contribution in [0.25, 0.3) is 10.8 Å². The highest BCUT2D eigenvalue weighted by Gasteiger charge is 2.77. The maximum absolute atomic E-state index is 14.2. The van der Waals surface area contributed by atoms with Crippen LogP contribution in [0.5, 0.6) is 0 Å². The van der Waals surface area contributed by atoms with E-state index in [2.05, 4.69) is 0 Å². The zero-order valence-corrected chi connectivity index (χ0v) is 17.4. The minimum atomic E-state index is -1.08. The van der Waals surface area contributed by atoms with Crippen molar-refractivity contribution in [2.75, 3.05) is 4.90 Å². The Morgan fingerprint density at radius 1 is 0.774 bits per heavy atom. The van der Waals surface area contributed by atoms with Gasteiger partial charge in [-0.3, -0.25) is 9.59 Å². The van der Waals surface area contributed by atoms with Crippen LogP contribution >= 0.6 is 0 Å². The number of benzene rings is 3. The van der Waals surface area contributed by atoms with Crippen molar-refractivity contribution in [3.63, 3.8) is 0 Å². The molecule has 1 spiro atoms. The van der Waals surface area contributed by atoms with Gasteiger partial charge in [-0.05, 0) is 29.9 Å². The second kappa shape index (κ2) is 6.76. The molecule has 3 heterocycles. The van der Waals surface area contributed by atoms with Crippen molar-refractivity contribution in [1.29, 1.82) is 0 Å². The highest BCUT2D eigenvalue weighted by atomic mass is 16.6. The SMILES string of the molecule is O=C1N(c2cccc3ccccc23)C(=O)[C@]23CCCCCC[C@H]2[C@@]1(c1ccccc1)O3. The van der Waals surface area contributed by atoms with Crippen molar-refractivity contribution in [1.82, 2.24) is 0 Å². The third-order valence-corrected chi connectivity index (χ3v) is 7.48. The predicted molar refractivity (Wildman–Crippen MR) is 120 cm³/mol. The van der Waals surface area contributed by atoms with Gasteiger partial charge in [-0.1, -0.05) is 92.4 Å². The van der Waals surface area contributed by atoms with Gasteiger partial charge in [-0.15, -0.1) is 0 Å². The highest BCUT2D eigenvalue weighted by molar-refractivity contribution is 6.27. The summed E-state index contributed by atoms with van der Waals surface area (Å²) in [6.07, 6.45) is 5.75. The number of hydrogen-bond acceptors (Lipinski definition) is 3. The largest absolute Gasteiger partial charge is 0.343 e. The van der Waals surface area contributed by atoms with Crippen LogP contribution in [0.2, 0.25) is 0 Å². The number of rotatable bonds is 2. The van der Waals surface area contributed by atoms with Crippen LogP contribution in [-0.2, 0) is 19.9 Å². The molecule has 3 atom stereocenters. The molecular formula is C27H25NO3. The number of morpholine rings is 1. The van der Waals surface area contributed by atoms with Gasteiger partial charge in [0.1, 0.15) is 0 Å². The van der Waals surface area contributed by atoms with E-state index in [1.807, 2.05) is 72.8 Å². The molecular weight excluding hydrogens is 386 g/mol. The lowest BCUT2D eigenvalue weighted by Gasteiger charge is -2.66. The molecule has 3 aromatic carbocycles. The average molecular weight is 412 g/mol. The fourth-order valence-electron chi connectivity index (χ4n) is 6.08. The molecule has 4 nitrogen and oxygen atoms in total. The molecule has 4 aliphatic rings. The van der Waals surface area contributed by atoms with Crippen LogP contribution < -0.4 is 4.90 Å². The normalized spacial score (nSPS) is 30.3. The predicted octanol–water partition coefficient (Wildman–Crippen LogP) is 5.35. The number of imide groups is 1. The van der Waals surface area contributed by atoms with Gasteiger partial charge in [0.2, 0.25) is 0 Å². The Kier molecular flexibility index (Phi) is 4.09. The number of hydrogen-bond donors (Lipinski definition) is 0. The summed E-state index contributed by atoms with van der Waals surface area (Å²) < 4.78 is 6.52. The van der Waals surface area contributed by atoms with Gasteiger partial charge in [0.25, 0.3) is 11.8 Å². The number of anilines is 1. The van der Waals surface area contributed by atoms with E-state index in [1.54, 1.807) is 0 Å². The molecule has 0 unspecified atom stereocenters. The lowest BCUT2D eigenvalue weighted by molar-refractivity contribution is -0.315. The van der Waals surface area contributed by atoms with Crippen LogP contribution in [0.1, 0.15) is 44.1 Å². The van der Waals surface area contributed by atoms with Gasteiger partial charge in [0.15, 0.2) is 11.2 Å². The smallest absolute Gasteiger partial charge is 0.271 e. The minimum Gasteiger partial charge on any atom is -0.343 e. The zero-order valence-electron chi connectivity index (χ0n) is 17.4. The Bertz CT molecular complexity index is 1180. The Balaban J connectivity index is 1.56. The topological polar surface area (TPSA) is 46.6 Å². The van der Waals surface area contributed by atoms with Crippen molar-refractivity contribution < 1.29 is 14.3 Å². The van der Waals surface area contributed by atoms with Crippen LogP contribution in [0.4, 0.5) is 5.69 Å². The molecule has 1 aliphatic carbocycles. The van der Waals surface area contributed by atoms with Crippen molar-refractivity contribution >= 4 is 28.3 Å². The third-order valence-electron chi connectivity index (χ3n) is 7.48. The average Bonchev–Trinajstić information content (AvgIpc) is 2.79. The molecule has 4 fully saturated rings. The van der Waals surface area contributed by atoms with Crippen molar-refractivity contribution in [3.8, 4) is 0 Å². The molecule has 0 aromatic heterocycles. The van der Waals surface area contributed by atoms with E-state index in [0.717, 1.165) is 48.4 Å². The number of piperidine rings is 1. The summed E-state index contributed by atoms with van der Waals surface area (Å²) in [5.74, 6) is -0.528. The highest BCUT2D eigenvalue weighted by Crippen LogP contribution is 2.63. The Hall–Kier alpha value is -2.98. The molecule has 2 amide bonds. The van der Waals surface area contributed by atoms with Gasteiger partial charge >= 0.3 is 0 Å². The van der Waals surface area contributed by atoms with Crippen LogP contribution in [0, 0.1) is 5.92 Å². The molecule has 7 rings (SSSR count). The van der Waals surface area contributed by atoms with E-state index in [0.29, 0.717) is 12.1 Å². The van der Waals surface area contributed by atoms with E-state index in [9.17, 15) is 9.59 Å². The first-order valence-electron chi connectivity index (χ1n) is 11.3. The van der Waals surface area contributed by atoms with Crippen LogP contribution in [0.15, 0.2) is 72.8 Å². The van der Waals surface area contributed by atoms with Gasteiger partial charge in [-0.2, -0.15) is 0 Å². The molecule has 3 aliphatic heterocycles. The minimum absolute atomic E-state index is 0.103. The summed E-state index contributed by atoms with van der Waals surface area (Å²) in [7, 11) is 0. The monoisotopic (exact) mass is 411 g/mol. The van der Waals surface area contributed by atoms with Gasteiger partial charge in [0.05, 0.1) is 5.69 Å². The molecule has 3 saturated heterocycles. The summed E-state index contributed by atoms with van der Waals surface area (Å²) in [5.41, 5.74) is -0.458. The number of carbonyl (C=O) groups excluding carboxylic acids is 2. The van der Waals surface area contributed by atoms with E-state index in [1.165, 1.54) is 4.90 Å². The first kappa shape index (κ1) is 18.8. The van der Waals surface area contributed by atoms with Gasteiger partial charge in [0, 0.05) is 11.3 Å². The second-order valence-electron chi connectivity index (χ2n) is 9.04. The molecule has 1 saturated carbocycles. The lowest BCUT2D eigenvalue weighted by atomic mass is 9.57. The number of fused-ring (bicyclic) bond motifs is 3. The van der Waals surface area contributed by atoms with Gasteiger partial charge < -0.3 is 4.74 Å². The summed E-state index contributed by atoms with van der Waals surface area (Å²) in [6, 6.07) is 23.5.